The summed E-state index contributed by atoms with van der Waals surface area (Å²) in [6, 6.07) is 14.9. The molecule has 3 rings (SSSR count). The van der Waals surface area contributed by atoms with Crippen molar-refractivity contribution in [2.75, 3.05) is 11.2 Å². The van der Waals surface area contributed by atoms with Gasteiger partial charge >= 0.3 is 5.56 Å². The van der Waals surface area contributed by atoms with E-state index in [0.29, 0.717) is 22.2 Å². The van der Waals surface area contributed by atoms with Crippen molar-refractivity contribution in [1.82, 2.24) is 14.9 Å². The molecule has 1 aromatic heterocycles. The first-order valence-electron chi connectivity index (χ1n) is 8.25. The Bertz CT molecular complexity index is 1050. The van der Waals surface area contributed by atoms with Crippen molar-refractivity contribution in [2.45, 2.75) is 24.8 Å². The van der Waals surface area contributed by atoms with E-state index in [1.54, 1.807) is 24.3 Å². The molecule has 0 atom stereocenters. The Morgan fingerprint density at radius 3 is 2.70 bits per heavy atom. The number of rotatable bonds is 6. The summed E-state index contributed by atoms with van der Waals surface area (Å²) < 4.78 is 0.977. The van der Waals surface area contributed by atoms with Crippen LogP contribution in [0.3, 0.4) is 0 Å². The van der Waals surface area contributed by atoms with Crippen molar-refractivity contribution in [2.24, 2.45) is 0 Å². The average molecular weight is 381 g/mol. The van der Waals surface area contributed by atoms with Gasteiger partial charge in [0.1, 0.15) is 0 Å². The van der Waals surface area contributed by atoms with Gasteiger partial charge in [0.2, 0.25) is 11.0 Å². The standard InChI is InChI=1S/C19H19N5O2S/c1-12-5-3-6-14(9-12)11-27-19-23-22-17(18(26)24(19)20)21-16-8-4-7-15(10-16)13(2)25/h3-10H,11,20H2,1-2H3,(H,21,22). The third-order valence-corrected chi connectivity index (χ3v) is 4.86. The maximum Gasteiger partial charge on any atom is 0.315 e. The van der Waals surface area contributed by atoms with E-state index in [2.05, 4.69) is 21.6 Å². The Hall–Kier alpha value is -3.13. The number of carbonyl (C=O) groups is 1. The van der Waals surface area contributed by atoms with Crippen LogP contribution in [0.4, 0.5) is 11.5 Å². The van der Waals surface area contributed by atoms with Crippen molar-refractivity contribution >= 4 is 29.1 Å². The lowest BCUT2D eigenvalue weighted by atomic mass is 10.1. The van der Waals surface area contributed by atoms with Gasteiger partial charge in [0.25, 0.3) is 0 Å². The molecule has 0 saturated heterocycles. The number of Topliss-reactive ketones (excluding diaryl/α,β-unsaturated/α-hetero) is 1. The van der Waals surface area contributed by atoms with Crippen LogP contribution in [0.1, 0.15) is 28.4 Å². The van der Waals surface area contributed by atoms with Crippen molar-refractivity contribution in [3.8, 4) is 0 Å². The molecule has 0 unspecified atom stereocenters. The number of aromatic nitrogens is 3. The number of nitrogens with zero attached hydrogens (tertiary/aromatic N) is 3. The molecule has 3 N–H and O–H groups in total. The van der Waals surface area contributed by atoms with Gasteiger partial charge in [-0.2, -0.15) is 4.68 Å². The number of aryl methyl sites for hydroxylation is 1. The minimum atomic E-state index is -0.495. The number of nitrogens with one attached hydrogen (secondary N) is 1. The van der Waals surface area contributed by atoms with Crippen LogP contribution in [-0.4, -0.2) is 20.7 Å². The summed E-state index contributed by atoms with van der Waals surface area (Å²) in [5.74, 6) is 6.45. The fourth-order valence-electron chi connectivity index (χ4n) is 2.46. The first-order chi connectivity index (χ1) is 12.9. The van der Waals surface area contributed by atoms with E-state index in [4.69, 9.17) is 5.84 Å². The zero-order chi connectivity index (χ0) is 19.4. The predicted octanol–water partition coefficient (Wildman–Crippen LogP) is 2.90. The molecule has 2 aromatic carbocycles. The van der Waals surface area contributed by atoms with Crippen molar-refractivity contribution in [3.05, 3.63) is 75.6 Å². The van der Waals surface area contributed by atoms with Gasteiger partial charge in [0.05, 0.1) is 0 Å². The van der Waals surface area contributed by atoms with Crippen LogP contribution in [0, 0.1) is 6.92 Å². The van der Waals surface area contributed by atoms with Crippen LogP contribution in [-0.2, 0) is 5.75 Å². The van der Waals surface area contributed by atoms with Crippen LogP contribution in [0.15, 0.2) is 58.5 Å². The van der Waals surface area contributed by atoms with Gasteiger partial charge in [-0.15, -0.1) is 10.2 Å². The molecule has 138 valence electrons. The lowest BCUT2D eigenvalue weighted by Crippen LogP contribution is -2.32. The van der Waals surface area contributed by atoms with Gasteiger partial charge in [0.15, 0.2) is 5.78 Å². The molecule has 0 aliphatic heterocycles. The Kier molecular flexibility index (Phi) is 5.56. The number of ketones is 1. The molecule has 0 spiro atoms. The minimum absolute atomic E-state index is 0.00175. The zero-order valence-corrected chi connectivity index (χ0v) is 15.8. The highest BCUT2D eigenvalue weighted by atomic mass is 32.2. The highest BCUT2D eigenvalue weighted by molar-refractivity contribution is 7.98. The summed E-state index contributed by atoms with van der Waals surface area (Å²) in [5, 5.41) is 11.2. The molecule has 3 aromatic rings. The molecule has 7 nitrogen and oxygen atoms in total. The normalized spacial score (nSPS) is 10.6. The average Bonchev–Trinajstić information content (AvgIpc) is 2.65. The topological polar surface area (TPSA) is 103 Å². The fraction of sp³-hybridized carbons (Fsp3) is 0.158. The smallest absolute Gasteiger partial charge is 0.315 e. The van der Waals surface area contributed by atoms with E-state index in [0.717, 1.165) is 15.8 Å². The third-order valence-electron chi connectivity index (χ3n) is 3.85. The SMILES string of the molecule is CC(=O)c1cccc(Nc2nnc(SCc3cccc(C)c3)n(N)c2=O)c1. The number of hydrogen-bond acceptors (Lipinski definition) is 7. The maximum atomic E-state index is 12.5. The van der Waals surface area contributed by atoms with E-state index >= 15 is 0 Å². The largest absolute Gasteiger partial charge is 0.334 e. The van der Waals surface area contributed by atoms with Crippen molar-refractivity contribution < 1.29 is 4.79 Å². The highest BCUT2D eigenvalue weighted by Gasteiger charge is 2.12. The number of anilines is 2. The molecule has 0 saturated carbocycles. The number of benzene rings is 2. The Balaban J connectivity index is 1.78. The number of nitrogen functional groups attached to an aromatic ring is 1. The minimum Gasteiger partial charge on any atom is -0.334 e. The van der Waals surface area contributed by atoms with Crippen LogP contribution in [0.25, 0.3) is 0 Å². The summed E-state index contributed by atoms with van der Waals surface area (Å²) >= 11 is 1.34. The maximum absolute atomic E-state index is 12.5. The first-order valence-corrected chi connectivity index (χ1v) is 9.24. The Morgan fingerprint density at radius 2 is 1.96 bits per heavy atom. The molecule has 1 heterocycles. The van der Waals surface area contributed by atoms with E-state index in [1.807, 2.05) is 25.1 Å². The second kappa shape index (κ2) is 8.05. The molecule has 0 amide bonds. The zero-order valence-electron chi connectivity index (χ0n) is 15.0. The monoisotopic (exact) mass is 381 g/mol. The van der Waals surface area contributed by atoms with Gasteiger partial charge in [-0.05, 0) is 31.5 Å². The molecule has 0 aliphatic rings. The lowest BCUT2D eigenvalue weighted by Gasteiger charge is -2.09. The van der Waals surface area contributed by atoms with Crippen molar-refractivity contribution in [3.63, 3.8) is 0 Å². The van der Waals surface area contributed by atoms with E-state index in [9.17, 15) is 9.59 Å². The van der Waals surface area contributed by atoms with E-state index in [1.165, 1.54) is 18.7 Å². The lowest BCUT2D eigenvalue weighted by molar-refractivity contribution is 0.101. The first kappa shape index (κ1) is 18.7. The molecule has 8 heteroatoms. The number of thioether (sulfide) groups is 1. The summed E-state index contributed by atoms with van der Waals surface area (Å²) in [4.78, 5) is 24.0. The van der Waals surface area contributed by atoms with Crippen LogP contribution >= 0.6 is 11.8 Å². The molecule has 27 heavy (non-hydrogen) atoms. The number of nitrogens with two attached hydrogens (primary N) is 1. The van der Waals surface area contributed by atoms with Gasteiger partial charge < -0.3 is 11.2 Å². The number of hydrogen-bond donors (Lipinski definition) is 2. The summed E-state index contributed by atoms with van der Waals surface area (Å²) in [6.45, 7) is 3.50. The van der Waals surface area contributed by atoms with E-state index < -0.39 is 5.56 Å². The third kappa shape index (κ3) is 4.53. The van der Waals surface area contributed by atoms with Crippen LogP contribution < -0.4 is 16.7 Å². The molecular formula is C19H19N5O2S. The predicted molar refractivity (Wildman–Crippen MR) is 107 cm³/mol. The fourth-order valence-corrected chi connectivity index (χ4v) is 3.26. The second-order valence-corrected chi connectivity index (χ2v) is 6.99. The van der Waals surface area contributed by atoms with Crippen LogP contribution in [0.2, 0.25) is 0 Å². The van der Waals surface area contributed by atoms with Crippen LogP contribution in [0.5, 0.6) is 0 Å². The Labute approximate surface area is 160 Å². The molecule has 0 bridgehead atoms. The molecular weight excluding hydrogens is 362 g/mol. The molecule has 0 radical (unpaired) electrons. The Morgan fingerprint density at radius 1 is 1.19 bits per heavy atom. The summed E-state index contributed by atoms with van der Waals surface area (Å²) in [5.41, 5.74) is 2.87. The van der Waals surface area contributed by atoms with Gasteiger partial charge in [-0.3, -0.25) is 9.59 Å². The van der Waals surface area contributed by atoms with Crippen molar-refractivity contribution in [1.29, 1.82) is 0 Å². The van der Waals surface area contributed by atoms with Gasteiger partial charge in [-0.1, -0.05) is 53.7 Å². The molecule has 0 fully saturated rings. The molecule has 0 aliphatic carbocycles. The quantitative estimate of drug-likeness (QED) is 0.384. The summed E-state index contributed by atoms with van der Waals surface area (Å²) in [7, 11) is 0. The highest BCUT2D eigenvalue weighted by Crippen LogP contribution is 2.20. The van der Waals surface area contributed by atoms with Gasteiger partial charge in [-0.25, -0.2) is 0 Å². The van der Waals surface area contributed by atoms with Gasteiger partial charge in [0, 0.05) is 17.0 Å². The van der Waals surface area contributed by atoms with E-state index in [-0.39, 0.29) is 11.6 Å². The summed E-state index contributed by atoms with van der Waals surface area (Å²) in [6.07, 6.45) is 0. The number of carbonyl (C=O) groups excluding carboxylic acids is 1. The second-order valence-electron chi connectivity index (χ2n) is 6.05.